The Hall–Kier alpha value is -2.89. The molecule has 0 saturated carbocycles. The zero-order valence-corrected chi connectivity index (χ0v) is 20.3. The molecule has 0 radical (unpaired) electrons. The summed E-state index contributed by atoms with van der Waals surface area (Å²) < 4.78 is 5.81. The molecule has 172 valence electrons. The maximum Gasteiger partial charge on any atom is 0.198 e. The molecule has 2 heterocycles. The molecule has 1 aliphatic heterocycles. The largest absolute Gasteiger partial charge is 0.492 e. The van der Waals surface area contributed by atoms with Gasteiger partial charge in [-0.2, -0.15) is 21.9 Å². The van der Waals surface area contributed by atoms with Crippen LogP contribution in [0.3, 0.4) is 0 Å². The molecule has 1 aromatic carbocycles. The van der Waals surface area contributed by atoms with E-state index in [-0.39, 0.29) is 5.92 Å². The SMILES string of the molecule is [C-]#[N+]c1csc(C(C#N)(CCCN2CCN(CCOc3cccc(C#N)c3)CC2)C(C)C)c1. The molecular formula is C26H31N5OS. The van der Waals surface area contributed by atoms with E-state index in [1.165, 1.54) is 0 Å². The lowest BCUT2D eigenvalue weighted by Crippen LogP contribution is -2.47. The quantitative estimate of drug-likeness (QED) is 0.463. The molecule has 1 unspecified atom stereocenters. The molecule has 2 aromatic rings. The molecule has 0 amide bonds. The van der Waals surface area contributed by atoms with Crippen molar-refractivity contribution in [2.45, 2.75) is 32.1 Å². The van der Waals surface area contributed by atoms with Gasteiger partial charge in [0.05, 0.1) is 29.7 Å². The van der Waals surface area contributed by atoms with E-state index >= 15 is 0 Å². The van der Waals surface area contributed by atoms with Gasteiger partial charge in [0, 0.05) is 37.6 Å². The summed E-state index contributed by atoms with van der Waals surface area (Å²) in [6, 6.07) is 13.9. The van der Waals surface area contributed by atoms with Crippen LogP contribution in [0.25, 0.3) is 4.85 Å². The maximum atomic E-state index is 10.1. The number of hydrogen-bond donors (Lipinski definition) is 0. The highest BCUT2D eigenvalue weighted by Crippen LogP contribution is 2.41. The molecule has 1 aromatic heterocycles. The Kier molecular flexibility index (Phi) is 8.87. The fourth-order valence-electron chi connectivity index (χ4n) is 4.32. The van der Waals surface area contributed by atoms with Crippen LogP contribution in [-0.4, -0.2) is 55.7 Å². The minimum atomic E-state index is -0.518. The first-order valence-electron chi connectivity index (χ1n) is 11.5. The third-order valence-electron chi connectivity index (χ3n) is 6.49. The third-order valence-corrected chi connectivity index (χ3v) is 7.58. The van der Waals surface area contributed by atoms with Crippen LogP contribution in [0.5, 0.6) is 5.75 Å². The lowest BCUT2D eigenvalue weighted by molar-refractivity contribution is 0.114. The third kappa shape index (κ3) is 6.34. The highest BCUT2D eigenvalue weighted by molar-refractivity contribution is 7.10. The number of thiophene rings is 1. The van der Waals surface area contributed by atoms with Gasteiger partial charge in [0.2, 0.25) is 0 Å². The van der Waals surface area contributed by atoms with E-state index in [0.717, 1.165) is 62.7 Å². The van der Waals surface area contributed by atoms with Crippen molar-refractivity contribution >= 4 is 17.0 Å². The highest BCUT2D eigenvalue weighted by atomic mass is 32.1. The Morgan fingerprint density at radius 1 is 1.15 bits per heavy atom. The molecule has 0 aliphatic carbocycles. The van der Waals surface area contributed by atoms with Crippen LogP contribution in [-0.2, 0) is 5.41 Å². The zero-order valence-electron chi connectivity index (χ0n) is 19.5. The minimum Gasteiger partial charge on any atom is -0.492 e. The zero-order chi connectivity index (χ0) is 23.7. The Balaban J connectivity index is 1.42. The van der Waals surface area contributed by atoms with Gasteiger partial charge in [-0.05, 0) is 54.9 Å². The minimum absolute atomic E-state index is 0.199. The highest BCUT2D eigenvalue weighted by Gasteiger charge is 2.37. The van der Waals surface area contributed by atoms with Crippen molar-refractivity contribution in [2.75, 3.05) is 45.9 Å². The first-order chi connectivity index (χ1) is 16.0. The summed E-state index contributed by atoms with van der Waals surface area (Å²) in [5.74, 6) is 0.943. The lowest BCUT2D eigenvalue weighted by Gasteiger charge is -2.36. The summed E-state index contributed by atoms with van der Waals surface area (Å²) in [6.07, 6.45) is 1.78. The van der Waals surface area contributed by atoms with Crippen LogP contribution in [0.2, 0.25) is 0 Å². The molecule has 33 heavy (non-hydrogen) atoms. The Morgan fingerprint density at radius 2 is 1.88 bits per heavy atom. The molecule has 1 saturated heterocycles. The standard InChI is InChI=1S/C26H31N5OS/c1-21(2)26(20-28,25-17-23(29-3)19-33-25)8-5-9-30-10-12-31(13-11-30)14-15-32-24-7-4-6-22(16-24)18-27/h4,6-7,16-17,19,21H,5,8-15H2,1-2H3. The summed E-state index contributed by atoms with van der Waals surface area (Å²) >= 11 is 1.54. The van der Waals surface area contributed by atoms with Crippen LogP contribution < -0.4 is 4.74 Å². The predicted molar refractivity (Wildman–Crippen MR) is 131 cm³/mol. The van der Waals surface area contributed by atoms with E-state index in [0.29, 0.717) is 17.9 Å². The van der Waals surface area contributed by atoms with Gasteiger partial charge < -0.3 is 9.64 Å². The Labute approximate surface area is 201 Å². The van der Waals surface area contributed by atoms with E-state index in [1.807, 2.05) is 23.6 Å². The van der Waals surface area contributed by atoms with Gasteiger partial charge in [-0.3, -0.25) is 4.90 Å². The van der Waals surface area contributed by atoms with Gasteiger partial charge in [0.15, 0.2) is 5.69 Å². The second-order valence-electron chi connectivity index (χ2n) is 8.79. The van der Waals surface area contributed by atoms with Gasteiger partial charge in [-0.15, -0.1) is 0 Å². The number of ether oxygens (including phenoxy) is 1. The van der Waals surface area contributed by atoms with Crippen molar-refractivity contribution in [2.24, 2.45) is 5.92 Å². The van der Waals surface area contributed by atoms with Crippen molar-refractivity contribution in [3.8, 4) is 17.9 Å². The Bertz CT molecular complexity index is 1040. The van der Waals surface area contributed by atoms with Gasteiger partial charge in [0.1, 0.15) is 12.4 Å². The normalized spacial score (nSPS) is 16.5. The van der Waals surface area contributed by atoms with E-state index in [9.17, 15) is 5.26 Å². The molecule has 0 N–H and O–H groups in total. The lowest BCUT2D eigenvalue weighted by atomic mass is 9.73. The van der Waals surface area contributed by atoms with Gasteiger partial charge in [-0.25, -0.2) is 4.85 Å². The second-order valence-corrected chi connectivity index (χ2v) is 9.70. The van der Waals surface area contributed by atoms with E-state index in [2.05, 4.69) is 40.6 Å². The molecule has 0 spiro atoms. The van der Waals surface area contributed by atoms with Crippen LogP contribution in [0, 0.1) is 35.2 Å². The van der Waals surface area contributed by atoms with Crippen molar-refractivity contribution < 1.29 is 4.74 Å². The van der Waals surface area contributed by atoms with Crippen LogP contribution in [0.1, 0.15) is 37.1 Å². The molecular weight excluding hydrogens is 430 g/mol. The number of piperazine rings is 1. The molecule has 1 atom stereocenters. The molecule has 1 aliphatic rings. The summed E-state index contributed by atoms with van der Waals surface area (Å²) in [5, 5.41) is 20.9. The van der Waals surface area contributed by atoms with Crippen molar-refractivity contribution in [3.05, 3.63) is 57.6 Å². The summed E-state index contributed by atoms with van der Waals surface area (Å²) in [6.45, 7) is 18.0. The number of benzene rings is 1. The van der Waals surface area contributed by atoms with Gasteiger partial charge >= 0.3 is 0 Å². The first-order valence-corrected chi connectivity index (χ1v) is 12.3. The van der Waals surface area contributed by atoms with Gasteiger partial charge in [-0.1, -0.05) is 19.9 Å². The van der Waals surface area contributed by atoms with Crippen LogP contribution in [0.4, 0.5) is 5.69 Å². The van der Waals surface area contributed by atoms with E-state index in [4.69, 9.17) is 16.6 Å². The smallest absolute Gasteiger partial charge is 0.198 e. The topological polar surface area (TPSA) is 67.7 Å². The van der Waals surface area contributed by atoms with Crippen molar-refractivity contribution in [1.82, 2.24) is 9.80 Å². The Morgan fingerprint density at radius 3 is 2.48 bits per heavy atom. The average Bonchev–Trinajstić information content (AvgIpc) is 3.32. The number of nitriles is 2. The number of nitrogens with zero attached hydrogens (tertiary/aromatic N) is 5. The molecule has 6 nitrogen and oxygen atoms in total. The number of rotatable bonds is 10. The molecule has 1 fully saturated rings. The average molecular weight is 462 g/mol. The van der Waals surface area contributed by atoms with Crippen molar-refractivity contribution in [3.63, 3.8) is 0 Å². The molecule has 0 bridgehead atoms. The number of hydrogen-bond acceptors (Lipinski definition) is 6. The predicted octanol–water partition coefficient (Wildman–Crippen LogP) is 5.06. The fourth-order valence-corrected chi connectivity index (χ4v) is 5.47. The monoisotopic (exact) mass is 461 g/mol. The summed E-state index contributed by atoms with van der Waals surface area (Å²) in [4.78, 5) is 9.44. The fraction of sp³-hybridized carbons (Fsp3) is 0.500. The van der Waals surface area contributed by atoms with Crippen LogP contribution >= 0.6 is 11.3 Å². The maximum absolute atomic E-state index is 10.1. The van der Waals surface area contributed by atoms with Crippen molar-refractivity contribution in [1.29, 1.82) is 10.5 Å². The van der Waals surface area contributed by atoms with Gasteiger partial charge in [0.25, 0.3) is 0 Å². The summed E-state index contributed by atoms with van der Waals surface area (Å²) in [5.41, 5.74) is 0.730. The molecule has 3 rings (SSSR count). The van der Waals surface area contributed by atoms with E-state index < -0.39 is 5.41 Å². The van der Waals surface area contributed by atoms with Crippen LogP contribution in [0.15, 0.2) is 35.7 Å². The second kappa shape index (κ2) is 11.8. The molecule has 7 heteroatoms. The van der Waals surface area contributed by atoms with E-state index in [1.54, 1.807) is 23.5 Å². The summed E-state index contributed by atoms with van der Waals surface area (Å²) in [7, 11) is 0. The first kappa shape index (κ1) is 24.7.